The summed E-state index contributed by atoms with van der Waals surface area (Å²) in [7, 11) is 0. The van der Waals surface area contributed by atoms with Crippen LogP contribution < -0.4 is 0 Å². The Morgan fingerprint density at radius 2 is 1.03 bits per heavy atom. The lowest BCUT2D eigenvalue weighted by Gasteiger charge is -2.26. The first-order valence-electron chi connectivity index (χ1n) is 11.8. The molecule has 4 aromatic carbocycles. The predicted octanol–water partition coefficient (Wildman–Crippen LogP) is 9.47. The fourth-order valence-electron chi connectivity index (χ4n) is 5.30. The highest BCUT2D eigenvalue weighted by molar-refractivity contribution is 6.14. The number of rotatable bonds is 7. The Morgan fingerprint density at radius 1 is 0.533 bits per heavy atom. The molecule has 0 saturated carbocycles. The first kappa shape index (κ1) is 20.7. The van der Waals surface area contributed by atoms with Gasteiger partial charge in [-0.25, -0.2) is 0 Å². The maximum atomic E-state index is 2.45. The quantitative estimate of drug-likeness (QED) is 0.274. The molecule has 0 heterocycles. The summed E-state index contributed by atoms with van der Waals surface area (Å²) in [6.45, 7) is 9.33. The van der Waals surface area contributed by atoms with E-state index in [9.17, 15) is 0 Å². The van der Waals surface area contributed by atoms with Crippen LogP contribution in [0.15, 0.2) is 72.8 Å². The zero-order valence-corrected chi connectivity index (χ0v) is 18.9. The van der Waals surface area contributed by atoms with Crippen LogP contribution in [0.25, 0.3) is 32.7 Å². The minimum Gasteiger partial charge on any atom is -0.0648 e. The number of hydrogen-bond acceptors (Lipinski definition) is 0. The molecule has 154 valence electrons. The van der Waals surface area contributed by atoms with Crippen LogP contribution in [0.1, 0.15) is 76.3 Å². The highest BCUT2D eigenvalue weighted by Gasteiger charge is 2.22. The van der Waals surface area contributed by atoms with Crippen molar-refractivity contribution in [2.45, 2.75) is 65.2 Å². The van der Waals surface area contributed by atoms with Gasteiger partial charge in [0.25, 0.3) is 0 Å². The van der Waals surface area contributed by atoms with E-state index >= 15 is 0 Å². The zero-order valence-electron chi connectivity index (χ0n) is 18.9. The summed E-state index contributed by atoms with van der Waals surface area (Å²) in [4.78, 5) is 0. The smallest absolute Gasteiger partial charge is 0.00933 e. The molecule has 0 radical (unpaired) electrons. The van der Waals surface area contributed by atoms with E-state index < -0.39 is 0 Å². The van der Waals surface area contributed by atoms with Gasteiger partial charge in [-0.1, -0.05) is 94.4 Å². The monoisotopic (exact) mass is 394 g/mol. The maximum absolute atomic E-state index is 2.45. The van der Waals surface area contributed by atoms with Crippen molar-refractivity contribution in [3.8, 4) is 11.1 Å². The van der Waals surface area contributed by atoms with Gasteiger partial charge in [-0.05, 0) is 87.4 Å². The van der Waals surface area contributed by atoms with E-state index in [0.29, 0.717) is 11.8 Å². The summed E-state index contributed by atoms with van der Waals surface area (Å²) in [5, 5.41) is 5.42. The molecule has 0 saturated heterocycles. The SMILES string of the molecule is CCC(CC)c1cccc(C(CC)CC)c1-c1cc2ccccc2c2ccccc12. The largest absolute Gasteiger partial charge is 0.0648 e. The third-order valence-electron chi connectivity index (χ3n) is 7.02. The number of fused-ring (bicyclic) bond motifs is 3. The Morgan fingerprint density at radius 3 is 1.60 bits per heavy atom. The molecule has 0 spiro atoms. The molecule has 4 rings (SSSR count). The Kier molecular flexibility index (Phi) is 6.23. The van der Waals surface area contributed by atoms with Gasteiger partial charge in [0.15, 0.2) is 0 Å². The van der Waals surface area contributed by atoms with Crippen molar-refractivity contribution in [3.63, 3.8) is 0 Å². The third kappa shape index (κ3) is 3.54. The van der Waals surface area contributed by atoms with E-state index in [1.54, 1.807) is 0 Å². The van der Waals surface area contributed by atoms with Crippen molar-refractivity contribution in [2.24, 2.45) is 0 Å². The summed E-state index contributed by atoms with van der Waals surface area (Å²) < 4.78 is 0. The second kappa shape index (κ2) is 9.04. The van der Waals surface area contributed by atoms with Gasteiger partial charge in [-0.2, -0.15) is 0 Å². The average Bonchev–Trinajstić information content (AvgIpc) is 2.80. The van der Waals surface area contributed by atoms with Crippen LogP contribution in [0.4, 0.5) is 0 Å². The molecule has 0 aromatic heterocycles. The van der Waals surface area contributed by atoms with Crippen molar-refractivity contribution < 1.29 is 0 Å². The van der Waals surface area contributed by atoms with E-state index in [1.807, 2.05) is 0 Å². The van der Waals surface area contributed by atoms with E-state index in [-0.39, 0.29) is 0 Å². The third-order valence-corrected chi connectivity index (χ3v) is 7.02. The molecule has 0 aliphatic rings. The van der Waals surface area contributed by atoms with Gasteiger partial charge in [0.05, 0.1) is 0 Å². The summed E-state index contributed by atoms with van der Waals surface area (Å²) in [6, 6.07) is 27.3. The molecule has 0 aliphatic heterocycles. The van der Waals surface area contributed by atoms with Gasteiger partial charge < -0.3 is 0 Å². The number of benzene rings is 4. The molecule has 0 heteroatoms. The van der Waals surface area contributed by atoms with Crippen LogP contribution in [0.5, 0.6) is 0 Å². The molecule has 0 amide bonds. The lowest BCUT2D eigenvalue weighted by atomic mass is 9.78. The van der Waals surface area contributed by atoms with Crippen LogP contribution in [-0.4, -0.2) is 0 Å². The van der Waals surface area contributed by atoms with Crippen molar-refractivity contribution in [2.75, 3.05) is 0 Å². The van der Waals surface area contributed by atoms with Crippen LogP contribution >= 0.6 is 0 Å². The Labute approximate surface area is 182 Å². The lowest BCUT2D eigenvalue weighted by molar-refractivity contribution is 0.626. The molecule has 0 unspecified atom stereocenters. The van der Waals surface area contributed by atoms with E-state index in [4.69, 9.17) is 0 Å². The molecule has 0 nitrogen and oxygen atoms in total. The van der Waals surface area contributed by atoms with Gasteiger partial charge >= 0.3 is 0 Å². The lowest BCUT2D eigenvalue weighted by Crippen LogP contribution is -2.05. The van der Waals surface area contributed by atoms with E-state index in [2.05, 4.69) is 100 Å². The van der Waals surface area contributed by atoms with Crippen molar-refractivity contribution in [1.29, 1.82) is 0 Å². The minimum atomic E-state index is 0.597. The molecule has 0 fully saturated rings. The summed E-state index contributed by atoms with van der Waals surface area (Å²) >= 11 is 0. The van der Waals surface area contributed by atoms with E-state index in [0.717, 1.165) is 0 Å². The van der Waals surface area contributed by atoms with Gasteiger partial charge in [-0.3, -0.25) is 0 Å². The van der Waals surface area contributed by atoms with Crippen molar-refractivity contribution >= 4 is 21.5 Å². The highest BCUT2D eigenvalue weighted by Crippen LogP contribution is 2.44. The number of hydrogen-bond donors (Lipinski definition) is 0. The van der Waals surface area contributed by atoms with Crippen LogP contribution in [0.3, 0.4) is 0 Å². The molecule has 30 heavy (non-hydrogen) atoms. The Bertz CT molecular complexity index is 1110. The fraction of sp³-hybridized carbons (Fsp3) is 0.333. The topological polar surface area (TPSA) is 0 Å². The predicted molar refractivity (Wildman–Crippen MR) is 134 cm³/mol. The van der Waals surface area contributed by atoms with Crippen LogP contribution in [0, 0.1) is 0 Å². The molecular formula is C30H34. The van der Waals surface area contributed by atoms with Gasteiger partial charge in [0.1, 0.15) is 0 Å². The first-order valence-corrected chi connectivity index (χ1v) is 11.8. The zero-order chi connectivity index (χ0) is 21.1. The molecule has 0 bridgehead atoms. The molecule has 0 aliphatic carbocycles. The van der Waals surface area contributed by atoms with Crippen LogP contribution in [0.2, 0.25) is 0 Å². The second-order valence-electron chi connectivity index (χ2n) is 8.53. The Balaban J connectivity index is 2.14. The normalized spacial score (nSPS) is 11.8. The minimum absolute atomic E-state index is 0.597. The van der Waals surface area contributed by atoms with E-state index in [1.165, 1.54) is 69.5 Å². The molecule has 0 N–H and O–H groups in total. The van der Waals surface area contributed by atoms with Gasteiger partial charge in [0, 0.05) is 0 Å². The van der Waals surface area contributed by atoms with Crippen LogP contribution in [-0.2, 0) is 0 Å². The summed E-state index contributed by atoms with van der Waals surface area (Å²) in [6.07, 6.45) is 4.73. The highest BCUT2D eigenvalue weighted by atomic mass is 14.3. The van der Waals surface area contributed by atoms with Crippen molar-refractivity contribution in [1.82, 2.24) is 0 Å². The average molecular weight is 395 g/mol. The first-order chi connectivity index (χ1) is 14.7. The summed E-state index contributed by atoms with van der Waals surface area (Å²) in [5.41, 5.74) is 5.98. The molecular weight excluding hydrogens is 360 g/mol. The molecule has 4 aromatic rings. The standard InChI is InChI=1S/C30H34/c1-5-21(6-2)25-18-13-19-26(22(7-3)8-4)30(25)29-20-23-14-9-10-15-24(23)27-16-11-12-17-28(27)29/h9-22H,5-8H2,1-4H3. The fourth-order valence-corrected chi connectivity index (χ4v) is 5.30. The maximum Gasteiger partial charge on any atom is -0.00933 e. The van der Waals surface area contributed by atoms with Crippen molar-refractivity contribution in [3.05, 3.63) is 83.9 Å². The molecule has 0 atom stereocenters. The Hall–Kier alpha value is -2.60. The van der Waals surface area contributed by atoms with Gasteiger partial charge in [-0.15, -0.1) is 0 Å². The second-order valence-corrected chi connectivity index (χ2v) is 8.53. The summed E-state index contributed by atoms with van der Waals surface area (Å²) in [5.74, 6) is 1.19. The van der Waals surface area contributed by atoms with Gasteiger partial charge in [0.2, 0.25) is 0 Å².